The molecule has 2 bridgehead atoms. The number of halogens is 1. The average molecular weight is 164 g/mol. The summed E-state index contributed by atoms with van der Waals surface area (Å²) in [5, 5.41) is 0. The van der Waals surface area contributed by atoms with Crippen molar-refractivity contribution in [2.24, 2.45) is 5.73 Å². The van der Waals surface area contributed by atoms with Crippen LogP contribution < -0.4 is 5.73 Å². The molecule has 0 spiro atoms. The van der Waals surface area contributed by atoms with Crippen LogP contribution in [0.1, 0.15) is 26.7 Å². The third-order valence-corrected chi connectivity index (χ3v) is 2.68. The molecule has 10 heavy (non-hydrogen) atoms. The van der Waals surface area contributed by atoms with Gasteiger partial charge in [0.1, 0.15) is 0 Å². The molecular weight excluding hydrogens is 150 g/mol. The highest BCUT2D eigenvalue weighted by Gasteiger charge is 2.61. The Bertz CT molecular complexity index is 148. The summed E-state index contributed by atoms with van der Waals surface area (Å²) in [5.74, 6) is 0. The zero-order valence-electron chi connectivity index (χ0n) is 6.39. The van der Waals surface area contributed by atoms with Crippen LogP contribution in [-0.2, 0) is 4.74 Å². The summed E-state index contributed by atoms with van der Waals surface area (Å²) < 4.78 is 5.60. The summed E-state index contributed by atoms with van der Waals surface area (Å²) in [5.41, 5.74) is 6.13. The first-order chi connectivity index (χ1) is 4.04. The average Bonchev–Trinajstić information content (AvgIpc) is 1.85. The molecule has 2 heterocycles. The molecule has 2 nitrogen and oxygen atoms in total. The van der Waals surface area contributed by atoms with Crippen molar-refractivity contribution in [2.45, 2.75) is 43.9 Å². The maximum absolute atomic E-state index is 5.95. The monoisotopic (exact) mass is 163 g/mol. The topological polar surface area (TPSA) is 35.2 Å². The number of nitrogens with two attached hydrogens (primary N) is 1. The van der Waals surface area contributed by atoms with Crippen LogP contribution in [0.5, 0.6) is 0 Å². The number of ether oxygens (including phenoxy) is 1. The molecule has 1 unspecified atom stereocenters. The van der Waals surface area contributed by atoms with E-state index in [1.165, 1.54) is 0 Å². The van der Waals surface area contributed by atoms with Crippen molar-refractivity contribution in [3.05, 3.63) is 0 Å². The molecule has 1 aliphatic carbocycles. The summed E-state index contributed by atoms with van der Waals surface area (Å²) in [6.45, 7) is 4.21. The third-order valence-electron chi connectivity index (χ3n) is 2.68. The maximum Gasteiger partial charge on any atom is 0.0736 e. The Morgan fingerprint density at radius 2 is 2.00 bits per heavy atom. The van der Waals surface area contributed by atoms with Crippen molar-refractivity contribution in [1.82, 2.24) is 0 Å². The molecule has 2 aliphatic heterocycles. The quantitative estimate of drug-likeness (QED) is 0.580. The van der Waals surface area contributed by atoms with E-state index in [0.29, 0.717) is 0 Å². The van der Waals surface area contributed by atoms with Gasteiger partial charge in [0, 0.05) is 5.54 Å². The van der Waals surface area contributed by atoms with E-state index < -0.39 is 0 Å². The fourth-order valence-corrected chi connectivity index (χ4v) is 2.26. The number of hydrogen-bond acceptors (Lipinski definition) is 2. The fourth-order valence-electron chi connectivity index (χ4n) is 2.26. The van der Waals surface area contributed by atoms with Crippen LogP contribution in [0.15, 0.2) is 0 Å². The fraction of sp³-hybridized carbons (Fsp3) is 1.00. The largest absolute Gasteiger partial charge is 0.370 e. The van der Waals surface area contributed by atoms with Crippen molar-refractivity contribution in [1.29, 1.82) is 0 Å². The lowest BCUT2D eigenvalue weighted by atomic mass is 9.68. The van der Waals surface area contributed by atoms with Crippen molar-refractivity contribution in [3.8, 4) is 0 Å². The Morgan fingerprint density at radius 1 is 1.50 bits per heavy atom. The van der Waals surface area contributed by atoms with Gasteiger partial charge in [-0.25, -0.2) is 0 Å². The van der Waals surface area contributed by atoms with E-state index in [1.807, 2.05) is 0 Å². The Kier molecular flexibility index (Phi) is 1.56. The summed E-state index contributed by atoms with van der Waals surface area (Å²) in [6.07, 6.45) is 2.39. The minimum atomic E-state index is 0. The molecule has 2 saturated heterocycles. The first kappa shape index (κ1) is 8.31. The molecule has 3 rings (SSSR count). The molecule has 1 atom stereocenters. The van der Waals surface area contributed by atoms with Gasteiger partial charge in [0.15, 0.2) is 0 Å². The second-order valence-corrected chi connectivity index (χ2v) is 3.80. The minimum Gasteiger partial charge on any atom is -0.370 e. The van der Waals surface area contributed by atoms with Gasteiger partial charge in [0.05, 0.1) is 11.7 Å². The van der Waals surface area contributed by atoms with Crippen molar-refractivity contribution in [3.63, 3.8) is 0 Å². The van der Waals surface area contributed by atoms with E-state index in [9.17, 15) is 0 Å². The second kappa shape index (κ2) is 1.87. The maximum atomic E-state index is 5.95. The van der Waals surface area contributed by atoms with Gasteiger partial charge in [-0.15, -0.1) is 12.4 Å². The molecule has 3 fully saturated rings. The molecule has 2 N–H and O–H groups in total. The van der Waals surface area contributed by atoms with Gasteiger partial charge in [-0.1, -0.05) is 0 Å². The summed E-state index contributed by atoms with van der Waals surface area (Å²) in [4.78, 5) is 0. The lowest BCUT2D eigenvalue weighted by molar-refractivity contribution is -0.00348. The lowest BCUT2D eigenvalue weighted by Gasteiger charge is -2.39. The molecule has 60 valence electrons. The summed E-state index contributed by atoms with van der Waals surface area (Å²) in [7, 11) is 0. The van der Waals surface area contributed by atoms with Crippen LogP contribution in [-0.4, -0.2) is 17.2 Å². The highest BCUT2D eigenvalue weighted by Crippen LogP contribution is 2.53. The number of hydrogen-bond donors (Lipinski definition) is 1. The molecule has 0 aromatic carbocycles. The smallest absolute Gasteiger partial charge is 0.0736 e. The van der Waals surface area contributed by atoms with Gasteiger partial charge in [0.25, 0.3) is 0 Å². The van der Waals surface area contributed by atoms with Gasteiger partial charge >= 0.3 is 0 Å². The van der Waals surface area contributed by atoms with Gasteiger partial charge < -0.3 is 10.5 Å². The van der Waals surface area contributed by atoms with Crippen LogP contribution in [0.2, 0.25) is 0 Å². The first-order valence-corrected chi connectivity index (χ1v) is 3.51. The van der Waals surface area contributed by atoms with E-state index >= 15 is 0 Å². The van der Waals surface area contributed by atoms with Crippen molar-refractivity contribution >= 4 is 12.4 Å². The highest BCUT2D eigenvalue weighted by atomic mass is 35.5. The second-order valence-electron chi connectivity index (χ2n) is 3.80. The van der Waals surface area contributed by atoms with Gasteiger partial charge in [-0.3, -0.25) is 0 Å². The zero-order chi connectivity index (χ0) is 6.70. The number of fused-ring (bicyclic) bond motifs is 1. The van der Waals surface area contributed by atoms with E-state index in [4.69, 9.17) is 10.5 Å². The zero-order valence-corrected chi connectivity index (χ0v) is 7.20. The highest BCUT2D eigenvalue weighted by molar-refractivity contribution is 5.85. The van der Waals surface area contributed by atoms with Crippen LogP contribution >= 0.6 is 12.4 Å². The molecular formula is C7H14ClNO. The van der Waals surface area contributed by atoms with Crippen LogP contribution in [0.4, 0.5) is 0 Å². The SMILES string of the molecule is CC1OC2(C)CC1(N)C2.Cl. The van der Waals surface area contributed by atoms with Crippen LogP contribution in [0.25, 0.3) is 0 Å². The third kappa shape index (κ3) is 0.792. The molecule has 3 heteroatoms. The summed E-state index contributed by atoms with van der Waals surface area (Å²) >= 11 is 0. The molecule has 0 aromatic rings. The van der Waals surface area contributed by atoms with E-state index in [0.717, 1.165) is 12.8 Å². The molecule has 3 aliphatic rings. The Hall–Kier alpha value is 0.210. The van der Waals surface area contributed by atoms with Crippen LogP contribution in [0, 0.1) is 0 Å². The normalized spacial score (nSPS) is 57.3. The predicted molar refractivity (Wildman–Crippen MR) is 42.4 cm³/mol. The van der Waals surface area contributed by atoms with E-state index in [-0.39, 0.29) is 29.7 Å². The Labute approximate surface area is 67.5 Å². The van der Waals surface area contributed by atoms with Gasteiger partial charge in [0.2, 0.25) is 0 Å². The Morgan fingerprint density at radius 3 is 2.10 bits per heavy atom. The van der Waals surface area contributed by atoms with Crippen LogP contribution in [0.3, 0.4) is 0 Å². The lowest BCUT2D eigenvalue weighted by Crippen LogP contribution is -2.55. The molecule has 0 radical (unpaired) electrons. The minimum absolute atomic E-state index is 0. The molecule has 0 amide bonds. The van der Waals surface area contributed by atoms with Crippen molar-refractivity contribution < 1.29 is 4.74 Å². The van der Waals surface area contributed by atoms with Gasteiger partial charge in [-0.2, -0.15) is 0 Å². The first-order valence-electron chi connectivity index (χ1n) is 3.51. The Balaban J connectivity index is 0.000000500. The number of rotatable bonds is 0. The van der Waals surface area contributed by atoms with Gasteiger partial charge in [-0.05, 0) is 26.7 Å². The van der Waals surface area contributed by atoms with Crippen molar-refractivity contribution in [2.75, 3.05) is 0 Å². The van der Waals surface area contributed by atoms with E-state index in [1.54, 1.807) is 0 Å². The molecule has 0 aromatic heterocycles. The summed E-state index contributed by atoms with van der Waals surface area (Å²) in [6, 6.07) is 0. The predicted octanol–water partition coefficient (Wildman–Crippen LogP) is 1.08. The standard InChI is InChI=1S/C7H13NO.ClH/c1-5-7(8)3-6(2,4-7)9-5;/h5H,3-4,8H2,1-2H3;1H. The molecule has 1 saturated carbocycles. The van der Waals surface area contributed by atoms with E-state index in [2.05, 4.69) is 13.8 Å².